The summed E-state index contributed by atoms with van der Waals surface area (Å²) in [6.45, 7) is 0. The van der Waals surface area contributed by atoms with Crippen LogP contribution in [0.25, 0.3) is 16.9 Å². The largest absolute Gasteiger partial charge is 0.383 e. The van der Waals surface area contributed by atoms with Crippen LogP contribution in [0.15, 0.2) is 54.6 Å². The lowest BCUT2D eigenvalue weighted by Crippen LogP contribution is -2.29. The van der Waals surface area contributed by atoms with Gasteiger partial charge in [0, 0.05) is 16.5 Å². The Morgan fingerprint density at radius 1 is 0.917 bits per heavy atom. The Bertz CT molecular complexity index is 902. The van der Waals surface area contributed by atoms with Gasteiger partial charge in [-0.1, -0.05) is 55.3 Å². The van der Waals surface area contributed by atoms with E-state index in [-0.39, 0.29) is 5.41 Å². The summed E-state index contributed by atoms with van der Waals surface area (Å²) >= 11 is 0. The SMILES string of the molecule is Nc1c2c(nn1-c1ccccc1)-c1ccccc1CC21CCCC1. The van der Waals surface area contributed by atoms with E-state index in [2.05, 4.69) is 36.4 Å². The lowest BCUT2D eigenvalue weighted by Gasteiger charge is -2.34. The summed E-state index contributed by atoms with van der Waals surface area (Å²) in [6.07, 6.45) is 6.12. The highest BCUT2D eigenvalue weighted by molar-refractivity contribution is 5.77. The molecule has 0 unspecified atom stereocenters. The second kappa shape index (κ2) is 4.97. The number of para-hydroxylation sites is 1. The number of rotatable bonds is 1. The maximum absolute atomic E-state index is 6.67. The number of nitrogens with zero attached hydrogens (tertiary/aromatic N) is 2. The predicted octanol–water partition coefficient (Wildman–Crippen LogP) is 4.49. The molecule has 3 nitrogen and oxygen atoms in total. The molecule has 3 aromatic rings. The first-order valence-corrected chi connectivity index (χ1v) is 8.81. The first-order chi connectivity index (χ1) is 11.8. The van der Waals surface area contributed by atoms with E-state index in [9.17, 15) is 0 Å². The van der Waals surface area contributed by atoms with Crippen molar-refractivity contribution in [3.05, 3.63) is 65.7 Å². The molecule has 2 aliphatic carbocycles. The number of benzene rings is 2. The third kappa shape index (κ3) is 1.81. The van der Waals surface area contributed by atoms with Gasteiger partial charge in [-0.2, -0.15) is 5.10 Å². The number of hydrogen-bond acceptors (Lipinski definition) is 2. The van der Waals surface area contributed by atoms with Gasteiger partial charge in [0.1, 0.15) is 5.82 Å². The molecule has 5 rings (SSSR count). The van der Waals surface area contributed by atoms with Crippen molar-refractivity contribution in [2.45, 2.75) is 37.5 Å². The van der Waals surface area contributed by atoms with Crippen LogP contribution in [-0.4, -0.2) is 9.78 Å². The Hall–Kier alpha value is -2.55. The van der Waals surface area contributed by atoms with Crippen LogP contribution in [0.3, 0.4) is 0 Å². The number of nitrogen functional groups attached to an aromatic ring is 1. The molecular weight excluding hydrogens is 294 g/mol. The first-order valence-electron chi connectivity index (χ1n) is 8.81. The molecule has 0 bridgehead atoms. The molecule has 0 saturated heterocycles. The molecule has 1 spiro atoms. The zero-order valence-corrected chi connectivity index (χ0v) is 13.7. The van der Waals surface area contributed by atoms with E-state index in [1.165, 1.54) is 42.4 Å². The van der Waals surface area contributed by atoms with Crippen molar-refractivity contribution in [3.8, 4) is 16.9 Å². The summed E-state index contributed by atoms with van der Waals surface area (Å²) in [5.74, 6) is 0.826. The van der Waals surface area contributed by atoms with Crippen molar-refractivity contribution in [2.75, 3.05) is 5.73 Å². The van der Waals surface area contributed by atoms with E-state index in [0.29, 0.717) is 0 Å². The molecule has 1 saturated carbocycles. The van der Waals surface area contributed by atoms with Gasteiger partial charge in [-0.3, -0.25) is 0 Å². The standard InChI is InChI=1S/C21H21N3/c22-20-18-19(23-24(20)16-9-2-1-3-10-16)17-11-5-4-8-15(17)14-21(18)12-6-7-13-21/h1-5,8-11H,6-7,12-14,22H2. The van der Waals surface area contributed by atoms with Crippen LogP contribution < -0.4 is 5.73 Å². The van der Waals surface area contributed by atoms with Crippen LogP contribution in [0.1, 0.15) is 36.8 Å². The van der Waals surface area contributed by atoms with Crippen LogP contribution in [0.2, 0.25) is 0 Å². The number of hydrogen-bond donors (Lipinski definition) is 1. The molecule has 0 atom stereocenters. The number of nitrogens with two attached hydrogens (primary N) is 1. The maximum atomic E-state index is 6.67. The van der Waals surface area contributed by atoms with Gasteiger partial charge >= 0.3 is 0 Å². The van der Waals surface area contributed by atoms with Gasteiger partial charge in [-0.15, -0.1) is 0 Å². The van der Waals surface area contributed by atoms with E-state index in [1.54, 1.807) is 0 Å². The van der Waals surface area contributed by atoms with Gasteiger partial charge in [0.15, 0.2) is 0 Å². The van der Waals surface area contributed by atoms with Gasteiger partial charge in [-0.05, 0) is 37.0 Å². The van der Waals surface area contributed by atoms with E-state index in [4.69, 9.17) is 10.8 Å². The highest BCUT2D eigenvalue weighted by atomic mass is 15.3. The minimum atomic E-state index is 0.181. The summed E-state index contributed by atoms with van der Waals surface area (Å²) in [5, 5.41) is 4.97. The Morgan fingerprint density at radius 2 is 1.62 bits per heavy atom. The Morgan fingerprint density at radius 3 is 2.42 bits per heavy atom. The molecule has 1 heterocycles. The van der Waals surface area contributed by atoms with Crippen LogP contribution in [0, 0.1) is 0 Å². The average Bonchev–Trinajstić information content (AvgIpc) is 3.22. The molecule has 0 aliphatic heterocycles. The molecule has 24 heavy (non-hydrogen) atoms. The molecule has 1 fully saturated rings. The highest BCUT2D eigenvalue weighted by Gasteiger charge is 2.44. The Kier molecular flexibility index (Phi) is 2.87. The van der Waals surface area contributed by atoms with Crippen LogP contribution in [0.4, 0.5) is 5.82 Å². The fraction of sp³-hybridized carbons (Fsp3) is 0.286. The monoisotopic (exact) mass is 315 g/mol. The van der Waals surface area contributed by atoms with Crippen LogP contribution >= 0.6 is 0 Å². The van der Waals surface area contributed by atoms with Gasteiger partial charge in [0.05, 0.1) is 11.4 Å². The zero-order valence-electron chi connectivity index (χ0n) is 13.7. The lowest BCUT2D eigenvalue weighted by molar-refractivity contribution is 0.435. The first kappa shape index (κ1) is 13.8. The van der Waals surface area contributed by atoms with Crippen molar-refractivity contribution < 1.29 is 0 Å². The van der Waals surface area contributed by atoms with Crippen molar-refractivity contribution >= 4 is 5.82 Å². The normalized spacial score (nSPS) is 17.7. The van der Waals surface area contributed by atoms with E-state index >= 15 is 0 Å². The maximum Gasteiger partial charge on any atom is 0.131 e. The quantitative estimate of drug-likeness (QED) is 0.719. The van der Waals surface area contributed by atoms with E-state index < -0.39 is 0 Å². The second-order valence-electron chi connectivity index (χ2n) is 7.18. The van der Waals surface area contributed by atoms with Crippen molar-refractivity contribution in [2.24, 2.45) is 0 Å². The van der Waals surface area contributed by atoms with Gasteiger partial charge in [-0.25, -0.2) is 4.68 Å². The molecule has 2 N–H and O–H groups in total. The topological polar surface area (TPSA) is 43.8 Å². The van der Waals surface area contributed by atoms with Gasteiger partial charge < -0.3 is 5.73 Å². The van der Waals surface area contributed by atoms with Crippen LogP contribution in [-0.2, 0) is 11.8 Å². The fourth-order valence-electron chi connectivity index (χ4n) is 4.75. The highest BCUT2D eigenvalue weighted by Crippen LogP contribution is 2.53. The zero-order chi connectivity index (χ0) is 16.1. The van der Waals surface area contributed by atoms with Gasteiger partial charge in [0.25, 0.3) is 0 Å². The Balaban J connectivity index is 1.80. The van der Waals surface area contributed by atoms with Crippen molar-refractivity contribution in [1.82, 2.24) is 9.78 Å². The number of fused-ring (bicyclic) bond motifs is 4. The van der Waals surface area contributed by atoms with Crippen molar-refractivity contribution in [1.29, 1.82) is 0 Å². The lowest BCUT2D eigenvalue weighted by atomic mass is 9.68. The Labute approximate surface area is 142 Å². The van der Waals surface area contributed by atoms with Crippen LogP contribution in [0.5, 0.6) is 0 Å². The summed E-state index contributed by atoms with van der Waals surface area (Å²) in [6, 6.07) is 18.9. The number of anilines is 1. The summed E-state index contributed by atoms with van der Waals surface area (Å²) < 4.78 is 1.94. The average molecular weight is 315 g/mol. The van der Waals surface area contributed by atoms with Gasteiger partial charge in [0.2, 0.25) is 0 Å². The molecule has 2 aromatic carbocycles. The third-order valence-electron chi connectivity index (χ3n) is 5.81. The molecule has 120 valence electrons. The minimum Gasteiger partial charge on any atom is -0.383 e. The molecular formula is C21H21N3. The molecule has 0 amide bonds. The molecule has 3 heteroatoms. The number of aromatic nitrogens is 2. The molecule has 1 aromatic heterocycles. The summed E-state index contributed by atoms with van der Waals surface area (Å²) in [5.41, 5.74) is 13.0. The minimum absolute atomic E-state index is 0.181. The third-order valence-corrected chi connectivity index (χ3v) is 5.81. The molecule has 2 aliphatic rings. The second-order valence-corrected chi connectivity index (χ2v) is 7.18. The van der Waals surface area contributed by atoms with E-state index in [1.807, 2.05) is 22.9 Å². The summed E-state index contributed by atoms with van der Waals surface area (Å²) in [7, 11) is 0. The van der Waals surface area contributed by atoms with Crippen molar-refractivity contribution in [3.63, 3.8) is 0 Å². The summed E-state index contributed by atoms with van der Waals surface area (Å²) in [4.78, 5) is 0. The smallest absolute Gasteiger partial charge is 0.131 e. The predicted molar refractivity (Wildman–Crippen MR) is 97.3 cm³/mol. The fourth-order valence-corrected chi connectivity index (χ4v) is 4.75. The molecule has 0 radical (unpaired) electrons. The van der Waals surface area contributed by atoms with E-state index in [0.717, 1.165) is 23.6 Å².